The molecular weight excluding hydrogens is 300 g/mol. The van der Waals surface area contributed by atoms with Crippen molar-refractivity contribution in [2.75, 3.05) is 10.6 Å². The second-order valence-corrected chi connectivity index (χ2v) is 5.49. The summed E-state index contributed by atoms with van der Waals surface area (Å²) in [6, 6.07) is 15.3. The smallest absolute Gasteiger partial charge is 0.258 e. The van der Waals surface area contributed by atoms with Gasteiger partial charge in [0, 0.05) is 23.8 Å². The number of rotatable bonds is 4. The minimum Gasteiger partial charge on any atom is -0.324 e. The number of hydrogen-bond acceptors (Lipinski definition) is 4. The molecule has 3 aromatic rings. The Hall–Kier alpha value is -3.21. The first-order chi connectivity index (χ1) is 11.6. The average molecular weight is 318 g/mol. The number of amides is 1. The second-order valence-electron chi connectivity index (χ2n) is 5.49. The van der Waals surface area contributed by atoms with Crippen LogP contribution in [0.5, 0.6) is 0 Å². The molecule has 24 heavy (non-hydrogen) atoms. The highest BCUT2D eigenvalue weighted by Gasteiger charge is 2.08. The maximum Gasteiger partial charge on any atom is 0.258 e. The molecule has 0 saturated heterocycles. The number of anilines is 3. The van der Waals surface area contributed by atoms with Crippen LogP contribution in [-0.2, 0) is 0 Å². The molecule has 3 rings (SSSR count). The highest BCUT2D eigenvalue weighted by atomic mass is 16.1. The first-order valence-corrected chi connectivity index (χ1v) is 7.65. The molecule has 0 radical (unpaired) electrons. The van der Waals surface area contributed by atoms with E-state index in [4.69, 9.17) is 0 Å². The maximum absolute atomic E-state index is 12.2. The molecule has 0 saturated carbocycles. The normalized spacial score (nSPS) is 10.2. The standard InChI is InChI=1S/C19H18N4O/c1-13-7-6-10-17(14(13)2)23-19-20-11-15(12-21-19)18(24)22-16-8-4-3-5-9-16/h3-12H,1-2H3,(H,22,24)(H,20,21,23). The molecule has 5 heteroatoms. The van der Waals surface area contributed by atoms with Crippen molar-refractivity contribution >= 4 is 23.2 Å². The lowest BCUT2D eigenvalue weighted by Crippen LogP contribution is -2.13. The van der Waals surface area contributed by atoms with Gasteiger partial charge >= 0.3 is 0 Å². The lowest BCUT2D eigenvalue weighted by atomic mass is 10.1. The van der Waals surface area contributed by atoms with E-state index in [1.807, 2.05) is 49.4 Å². The van der Waals surface area contributed by atoms with Crippen molar-refractivity contribution in [3.05, 3.63) is 77.6 Å². The van der Waals surface area contributed by atoms with Crippen LogP contribution >= 0.6 is 0 Å². The third-order valence-corrected chi connectivity index (χ3v) is 3.80. The summed E-state index contributed by atoms with van der Waals surface area (Å²) in [5.74, 6) is 0.222. The quantitative estimate of drug-likeness (QED) is 0.760. The summed E-state index contributed by atoms with van der Waals surface area (Å²) in [4.78, 5) is 20.6. The van der Waals surface area contributed by atoms with Gasteiger partial charge in [-0.2, -0.15) is 0 Å². The van der Waals surface area contributed by atoms with Gasteiger partial charge in [0.25, 0.3) is 5.91 Å². The van der Waals surface area contributed by atoms with Crippen molar-refractivity contribution in [2.45, 2.75) is 13.8 Å². The van der Waals surface area contributed by atoms with E-state index in [9.17, 15) is 4.79 Å². The Labute approximate surface area is 140 Å². The predicted molar refractivity (Wildman–Crippen MR) is 95.6 cm³/mol. The van der Waals surface area contributed by atoms with Crippen molar-refractivity contribution in [2.24, 2.45) is 0 Å². The van der Waals surface area contributed by atoms with Crippen LogP contribution in [0.25, 0.3) is 0 Å². The molecule has 2 aromatic carbocycles. The zero-order valence-corrected chi connectivity index (χ0v) is 13.6. The molecule has 0 spiro atoms. The van der Waals surface area contributed by atoms with Crippen molar-refractivity contribution in [3.8, 4) is 0 Å². The van der Waals surface area contributed by atoms with Crippen molar-refractivity contribution in [1.29, 1.82) is 0 Å². The summed E-state index contributed by atoms with van der Waals surface area (Å²) in [5, 5.41) is 5.98. The SMILES string of the molecule is Cc1cccc(Nc2ncc(C(=O)Nc3ccccc3)cn2)c1C. The number of carbonyl (C=O) groups is 1. The first-order valence-electron chi connectivity index (χ1n) is 7.65. The van der Waals surface area contributed by atoms with Crippen LogP contribution in [0.3, 0.4) is 0 Å². The van der Waals surface area contributed by atoms with Crippen LogP contribution in [0.1, 0.15) is 21.5 Å². The van der Waals surface area contributed by atoms with E-state index < -0.39 is 0 Å². The Morgan fingerprint density at radius 2 is 1.62 bits per heavy atom. The molecule has 0 aliphatic heterocycles. The number of nitrogens with one attached hydrogen (secondary N) is 2. The van der Waals surface area contributed by atoms with Gasteiger partial charge in [-0.05, 0) is 43.2 Å². The van der Waals surface area contributed by atoms with Crippen LogP contribution in [0.4, 0.5) is 17.3 Å². The van der Waals surface area contributed by atoms with Crippen LogP contribution in [-0.4, -0.2) is 15.9 Å². The molecular formula is C19H18N4O. The third kappa shape index (κ3) is 3.57. The Morgan fingerprint density at radius 1 is 0.917 bits per heavy atom. The monoisotopic (exact) mass is 318 g/mol. The van der Waals surface area contributed by atoms with Crippen molar-refractivity contribution < 1.29 is 4.79 Å². The van der Waals surface area contributed by atoms with Crippen molar-refractivity contribution in [3.63, 3.8) is 0 Å². The molecule has 5 nitrogen and oxygen atoms in total. The predicted octanol–water partition coefficient (Wildman–Crippen LogP) is 4.09. The van der Waals surface area contributed by atoms with E-state index in [1.165, 1.54) is 18.0 Å². The molecule has 0 bridgehead atoms. The molecule has 1 aromatic heterocycles. The topological polar surface area (TPSA) is 66.9 Å². The first kappa shape index (κ1) is 15.7. The summed E-state index contributed by atoms with van der Waals surface area (Å²) in [5.41, 5.74) is 4.44. The number of hydrogen-bond donors (Lipinski definition) is 2. The van der Waals surface area contributed by atoms with Crippen LogP contribution in [0, 0.1) is 13.8 Å². The van der Waals surface area contributed by atoms with E-state index in [-0.39, 0.29) is 5.91 Å². The fraction of sp³-hybridized carbons (Fsp3) is 0.105. The molecule has 0 atom stereocenters. The number of aromatic nitrogens is 2. The third-order valence-electron chi connectivity index (χ3n) is 3.80. The zero-order chi connectivity index (χ0) is 16.9. The largest absolute Gasteiger partial charge is 0.324 e. The van der Waals surface area contributed by atoms with Gasteiger partial charge in [-0.15, -0.1) is 0 Å². The number of para-hydroxylation sites is 1. The molecule has 0 unspecified atom stereocenters. The highest BCUT2D eigenvalue weighted by molar-refractivity contribution is 6.03. The summed E-state index contributed by atoms with van der Waals surface area (Å²) >= 11 is 0. The van der Waals surface area contributed by atoms with Gasteiger partial charge in [0.2, 0.25) is 5.95 Å². The Bertz CT molecular complexity index is 845. The van der Waals surface area contributed by atoms with E-state index >= 15 is 0 Å². The van der Waals surface area contributed by atoms with Gasteiger partial charge in [-0.25, -0.2) is 9.97 Å². The molecule has 0 aliphatic rings. The second kappa shape index (κ2) is 6.91. The molecule has 2 N–H and O–H groups in total. The minimum absolute atomic E-state index is 0.237. The summed E-state index contributed by atoms with van der Waals surface area (Å²) in [6.45, 7) is 4.09. The fourth-order valence-electron chi connectivity index (χ4n) is 2.24. The van der Waals surface area contributed by atoms with E-state index in [2.05, 4.69) is 33.6 Å². The van der Waals surface area contributed by atoms with Crippen LogP contribution < -0.4 is 10.6 Å². The van der Waals surface area contributed by atoms with E-state index in [1.54, 1.807) is 0 Å². The highest BCUT2D eigenvalue weighted by Crippen LogP contribution is 2.20. The lowest BCUT2D eigenvalue weighted by Gasteiger charge is -2.10. The van der Waals surface area contributed by atoms with Crippen LogP contribution in [0.2, 0.25) is 0 Å². The van der Waals surface area contributed by atoms with E-state index in [0.29, 0.717) is 11.5 Å². The number of nitrogens with zero attached hydrogens (tertiary/aromatic N) is 2. The summed E-state index contributed by atoms with van der Waals surface area (Å²) < 4.78 is 0. The van der Waals surface area contributed by atoms with E-state index in [0.717, 1.165) is 16.9 Å². The van der Waals surface area contributed by atoms with Gasteiger partial charge in [0.1, 0.15) is 0 Å². The fourth-order valence-corrected chi connectivity index (χ4v) is 2.24. The Balaban J connectivity index is 1.71. The van der Waals surface area contributed by atoms with Gasteiger partial charge in [-0.1, -0.05) is 30.3 Å². The summed E-state index contributed by atoms with van der Waals surface area (Å²) in [7, 11) is 0. The molecule has 0 fully saturated rings. The minimum atomic E-state index is -0.237. The molecule has 1 amide bonds. The maximum atomic E-state index is 12.2. The van der Waals surface area contributed by atoms with Crippen LogP contribution in [0.15, 0.2) is 60.9 Å². The number of benzene rings is 2. The molecule has 0 aliphatic carbocycles. The molecule has 120 valence electrons. The average Bonchev–Trinajstić information content (AvgIpc) is 2.60. The molecule has 1 heterocycles. The Morgan fingerprint density at radius 3 is 2.33 bits per heavy atom. The lowest BCUT2D eigenvalue weighted by molar-refractivity contribution is 0.102. The van der Waals surface area contributed by atoms with Crippen molar-refractivity contribution in [1.82, 2.24) is 9.97 Å². The van der Waals surface area contributed by atoms with Gasteiger partial charge < -0.3 is 10.6 Å². The van der Waals surface area contributed by atoms with Gasteiger partial charge in [0.15, 0.2) is 0 Å². The van der Waals surface area contributed by atoms with Gasteiger partial charge in [-0.3, -0.25) is 4.79 Å². The number of aryl methyl sites for hydroxylation is 1. The zero-order valence-electron chi connectivity index (χ0n) is 13.6. The Kier molecular flexibility index (Phi) is 4.52. The summed E-state index contributed by atoms with van der Waals surface area (Å²) in [6.07, 6.45) is 3.03. The number of carbonyl (C=O) groups excluding carboxylic acids is 1. The van der Waals surface area contributed by atoms with Gasteiger partial charge in [0.05, 0.1) is 5.56 Å².